The van der Waals surface area contributed by atoms with Crippen molar-refractivity contribution in [1.29, 1.82) is 0 Å². The van der Waals surface area contributed by atoms with Crippen LogP contribution in [0, 0.1) is 20.8 Å². The Labute approximate surface area is 116 Å². The van der Waals surface area contributed by atoms with Crippen molar-refractivity contribution in [2.75, 3.05) is 11.5 Å². The normalized spacial score (nSPS) is 10.7. The molecule has 0 unspecified atom stereocenters. The van der Waals surface area contributed by atoms with Crippen molar-refractivity contribution in [2.24, 2.45) is 0 Å². The number of aryl methyl sites for hydroxylation is 3. The molecule has 0 amide bonds. The van der Waals surface area contributed by atoms with E-state index in [-0.39, 0.29) is 5.78 Å². The van der Waals surface area contributed by atoms with E-state index in [1.807, 2.05) is 26.8 Å². The molecule has 0 bridgehead atoms. The maximum Gasteiger partial charge on any atom is 0.190 e. The minimum Gasteiger partial charge on any atom is -0.384 e. The molecule has 0 saturated carbocycles. The fraction of sp³-hybridized carbons (Fsp3) is 0.308. The zero-order valence-electron chi connectivity index (χ0n) is 11.2. The number of thioether (sulfide) groups is 1. The first kappa shape index (κ1) is 13.6. The SMILES string of the molecule is Cc1cc(N)nc(SCC(=O)c2cc(C)[nH]c2C)n1. The molecule has 19 heavy (non-hydrogen) atoms. The second-order valence-corrected chi connectivity index (χ2v) is 5.36. The maximum atomic E-state index is 12.1. The lowest BCUT2D eigenvalue weighted by atomic mass is 10.2. The summed E-state index contributed by atoms with van der Waals surface area (Å²) < 4.78 is 0. The van der Waals surface area contributed by atoms with E-state index in [4.69, 9.17) is 5.73 Å². The van der Waals surface area contributed by atoms with E-state index >= 15 is 0 Å². The van der Waals surface area contributed by atoms with Gasteiger partial charge in [0.25, 0.3) is 0 Å². The number of rotatable bonds is 4. The summed E-state index contributed by atoms with van der Waals surface area (Å²) in [7, 11) is 0. The Morgan fingerprint density at radius 3 is 2.63 bits per heavy atom. The Kier molecular flexibility index (Phi) is 3.90. The highest BCUT2D eigenvalue weighted by Gasteiger charge is 2.13. The van der Waals surface area contributed by atoms with Gasteiger partial charge in [0.1, 0.15) is 5.82 Å². The number of anilines is 1. The van der Waals surface area contributed by atoms with E-state index in [9.17, 15) is 4.79 Å². The van der Waals surface area contributed by atoms with E-state index in [1.54, 1.807) is 6.07 Å². The first-order valence-corrected chi connectivity index (χ1v) is 6.87. The summed E-state index contributed by atoms with van der Waals surface area (Å²) in [5.41, 5.74) is 9.06. The summed E-state index contributed by atoms with van der Waals surface area (Å²) >= 11 is 1.30. The maximum absolute atomic E-state index is 12.1. The Hall–Kier alpha value is -1.82. The second kappa shape index (κ2) is 5.44. The van der Waals surface area contributed by atoms with Gasteiger partial charge in [-0.05, 0) is 26.8 Å². The zero-order valence-corrected chi connectivity index (χ0v) is 12.0. The number of aromatic nitrogens is 3. The van der Waals surface area contributed by atoms with E-state index in [0.717, 1.165) is 22.6 Å². The van der Waals surface area contributed by atoms with Gasteiger partial charge in [0.05, 0.1) is 5.75 Å². The number of nitrogens with two attached hydrogens (primary N) is 1. The third-order valence-corrected chi connectivity index (χ3v) is 3.48. The number of aromatic amines is 1. The number of H-pyrrole nitrogens is 1. The van der Waals surface area contributed by atoms with Gasteiger partial charge in [-0.3, -0.25) is 4.79 Å². The number of Topliss-reactive ketones (excluding diaryl/α,β-unsaturated/α-hetero) is 1. The predicted molar refractivity (Wildman–Crippen MR) is 76.5 cm³/mol. The Balaban J connectivity index is 2.06. The number of ketones is 1. The minimum absolute atomic E-state index is 0.0653. The molecule has 100 valence electrons. The van der Waals surface area contributed by atoms with Crippen molar-refractivity contribution in [3.05, 3.63) is 34.8 Å². The minimum atomic E-state index is 0.0653. The van der Waals surface area contributed by atoms with Gasteiger partial charge in [-0.15, -0.1) is 0 Å². The predicted octanol–water partition coefficient (Wildman–Crippen LogP) is 2.29. The van der Waals surface area contributed by atoms with Crippen LogP contribution in [0.4, 0.5) is 5.82 Å². The van der Waals surface area contributed by atoms with E-state index in [2.05, 4.69) is 15.0 Å². The average Bonchev–Trinajstić information content (AvgIpc) is 2.64. The van der Waals surface area contributed by atoms with Gasteiger partial charge in [-0.2, -0.15) is 0 Å². The molecule has 2 rings (SSSR count). The largest absolute Gasteiger partial charge is 0.384 e. The van der Waals surface area contributed by atoms with Crippen LogP contribution in [0.1, 0.15) is 27.4 Å². The van der Waals surface area contributed by atoms with Gasteiger partial charge in [0, 0.05) is 28.7 Å². The van der Waals surface area contributed by atoms with Gasteiger partial charge in [0.15, 0.2) is 10.9 Å². The number of nitrogens with zero attached hydrogens (tertiary/aromatic N) is 2. The first-order chi connectivity index (χ1) is 8.95. The van der Waals surface area contributed by atoms with Gasteiger partial charge >= 0.3 is 0 Å². The van der Waals surface area contributed by atoms with Crippen LogP contribution >= 0.6 is 11.8 Å². The summed E-state index contributed by atoms with van der Waals surface area (Å²) in [6.07, 6.45) is 0. The number of carbonyl (C=O) groups is 1. The molecule has 5 nitrogen and oxygen atoms in total. The number of hydrogen-bond acceptors (Lipinski definition) is 5. The van der Waals surface area contributed by atoms with Crippen LogP contribution in [0.2, 0.25) is 0 Å². The highest BCUT2D eigenvalue weighted by atomic mass is 32.2. The monoisotopic (exact) mass is 276 g/mol. The van der Waals surface area contributed by atoms with Crippen molar-refractivity contribution in [3.63, 3.8) is 0 Å². The lowest BCUT2D eigenvalue weighted by Crippen LogP contribution is -2.04. The molecule has 2 aromatic heterocycles. The average molecular weight is 276 g/mol. The number of nitrogens with one attached hydrogen (secondary N) is 1. The third-order valence-electron chi connectivity index (χ3n) is 2.64. The van der Waals surface area contributed by atoms with Crippen LogP contribution in [0.25, 0.3) is 0 Å². The van der Waals surface area contributed by atoms with Crippen molar-refractivity contribution < 1.29 is 4.79 Å². The smallest absolute Gasteiger partial charge is 0.190 e. The first-order valence-electron chi connectivity index (χ1n) is 5.89. The van der Waals surface area contributed by atoms with E-state index in [1.165, 1.54) is 11.8 Å². The molecule has 0 aliphatic rings. The fourth-order valence-corrected chi connectivity index (χ4v) is 2.65. The quantitative estimate of drug-likeness (QED) is 0.508. The topological polar surface area (TPSA) is 84.7 Å². The summed E-state index contributed by atoms with van der Waals surface area (Å²) in [6, 6.07) is 3.56. The van der Waals surface area contributed by atoms with Crippen molar-refractivity contribution in [2.45, 2.75) is 25.9 Å². The summed E-state index contributed by atoms with van der Waals surface area (Å²) in [6.45, 7) is 5.68. The molecule has 0 fully saturated rings. The van der Waals surface area contributed by atoms with Crippen LogP contribution < -0.4 is 5.73 Å². The molecule has 0 radical (unpaired) electrons. The molecule has 0 aromatic carbocycles. The lowest BCUT2D eigenvalue weighted by molar-refractivity contribution is 0.102. The molecule has 3 N–H and O–H groups in total. The summed E-state index contributed by atoms with van der Waals surface area (Å²) in [5, 5.41) is 0.538. The molecule has 0 aliphatic carbocycles. The molecule has 0 aliphatic heterocycles. The van der Waals surface area contributed by atoms with Gasteiger partial charge in [-0.1, -0.05) is 11.8 Å². The Morgan fingerprint density at radius 2 is 2.05 bits per heavy atom. The molecule has 2 heterocycles. The van der Waals surface area contributed by atoms with Gasteiger partial charge in [-0.25, -0.2) is 9.97 Å². The van der Waals surface area contributed by atoms with E-state index in [0.29, 0.717) is 16.7 Å². The van der Waals surface area contributed by atoms with Crippen LogP contribution in [0.15, 0.2) is 17.3 Å². The highest BCUT2D eigenvalue weighted by Crippen LogP contribution is 2.18. The van der Waals surface area contributed by atoms with Crippen LogP contribution in [0.5, 0.6) is 0 Å². The third kappa shape index (κ3) is 3.35. The molecular weight excluding hydrogens is 260 g/mol. The van der Waals surface area contributed by atoms with Crippen molar-refractivity contribution >= 4 is 23.4 Å². The molecular formula is C13H16N4OS. The Morgan fingerprint density at radius 1 is 1.32 bits per heavy atom. The van der Waals surface area contributed by atoms with E-state index < -0.39 is 0 Å². The van der Waals surface area contributed by atoms with Crippen LogP contribution in [-0.2, 0) is 0 Å². The van der Waals surface area contributed by atoms with Gasteiger partial charge < -0.3 is 10.7 Å². The lowest BCUT2D eigenvalue weighted by Gasteiger charge is -2.02. The molecule has 0 atom stereocenters. The molecule has 6 heteroatoms. The number of hydrogen-bond donors (Lipinski definition) is 2. The van der Waals surface area contributed by atoms with Crippen LogP contribution in [0.3, 0.4) is 0 Å². The van der Waals surface area contributed by atoms with Crippen molar-refractivity contribution in [1.82, 2.24) is 15.0 Å². The summed E-state index contributed by atoms with van der Waals surface area (Å²) in [5.74, 6) is 0.799. The standard InChI is InChI=1S/C13H16N4OS/c1-7-4-10(9(3)15-7)11(18)6-19-13-16-8(2)5-12(14)17-13/h4-5,15H,6H2,1-3H3,(H2,14,16,17). The zero-order chi connectivity index (χ0) is 14.0. The molecule has 0 spiro atoms. The van der Waals surface area contributed by atoms with Crippen molar-refractivity contribution in [3.8, 4) is 0 Å². The second-order valence-electron chi connectivity index (χ2n) is 4.42. The number of nitrogen functional groups attached to an aromatic ring is 1. The molecule has 2 aromatic rings. The van der Waals surface area contributed by atoms with Gasteiger partial charge in [0.2, 0.25) is 0 Å². The highest BCUT2D eigenvalue weighted by molar-refractivity contribution is 7.99. The summed E-state index contributed by atoms with van der Waals surface area (Å²) in [4.78, 5) is 23.6. The fourth-order valence-electron chi connectivity index (χ4n) is 1.85. The molecule has 0 saturated heterocycles. The van der Waals surface area contributed by atoms with Crippen LogP contribution in [-0.4, -0.2) is 26.5 Å². The Bertz CT molecular complexity index is 601. The number of carbonyl (C=O) groups excluding carboxylic acids is 1.